The zero-order valence-corrected chi connectivity index (χ0v) is 15.4. The summed E-state index contributed by atoms with van der Waals surface area (Å²) in [5.74, 6) is -0.0737. The fourth-order valence-electron chi connectivity index (χ4n) is 3.99. The van der Waals surface area contributed by atoms with Gasteiger partial charge in [0.1, 0.15) is 0 Å². The van der Waals surface area contributed by atoms with E-state index in [-0.39, 0.29) is 17.6 Å². The lowest BCUT2D eigenvalue weighted by Gasteiger charge is -2.48. The van der Waals surface area contributed by atoms with Crippen molar-refractivity contribution >= 4 is 17.4 Å². The van der Waals surface area contributed by atoms with E-state index in [9.17, 15) is 9.59 Å². The second-order valence-corrected chi connectivity index (χ2v) is 7.30. The highest BCUT2D eigenvalue weighted by Crippen LogP contribution is 2.40. The maximum atomic E-state index is 13.5. The molecule has 27 heavy (non-hydrogen) atoms. The molecule has 0 saturated carbocycles. The average Bonchev–Trinajstić information content (AvgIpc) is 2.69. The molecule has 1 amide bonds. The molecular weight excluding hydrogens is 338 g/mol. The van der Waals surface area contributed by atoms with E-state index in [1.165, 1.54) is 0 Å². The molecule has 0 radical (unpaired) electrons. The van der Waals surface area contributed by atoms with Crippen LogP contribution in [0.25, 0.3) is 0 Å². The lowest BCUT2D eigenvalue weighted by molar-refractivity contribution is -0.144. The van der Waals surface area contributed by atoms with Crippen molar-refractivity contribution in [2.24, 2.45) is 5.92 Å². The van der Waals surface area contributed by atoms with Gasteiger partial charge in [-0.05, 0) is 42.7 Å². The third kappa shape index (κ3) is 3.33. The Morgan fingerprint density at radius 1 is 1.04 bits per heavy atom. The Morgan fingerprint density at radius 3 is 2.37 bits per heavy atom. The van der Waals surface area contributed by atoms with Gasteiger partial charge in [0.25, 0.3) is 0 Å². The minimum Gasteiger partial charge on any atom is -0.351 e. The fraction of sp³-hybridized carbons (Fsp3) is 0.304. The molecule has 1 saturated heterocycles. The van der Waals surface area contributed by atoms with Gasteiger partial charge in [-0.3, -0.25) is 14.5 Å². The number of ether oxygens (including phenoxy) is 1. The summed E-state index contributed by atoms with van der Waals surface area (Å²) in [6.07, 6.45) is 3.35. The van der Waals surface area contributed by atoms with E-state index in [1.54, 1.807) is 11.8 Å². The summed E-state index contributed by atoms with van der Waals surface area (Å²) >= 11 is 0. The molecule has 2 aliphatic rings. The van der Waals surface area contributed by atoms with Crippen LogP contribution in [0.1, 0.15) is 25.3 Å². The normalized spacial score (nSPS) is 25.6. The van der Waals surface area contributed by atoms with Crippen molar-refractivity contribution in [1.82, 2.24) is 0 Å². The van der Waals surface area contributed by atoms with Gasteiger partial charge < -0.3 is 4.74 Å². The molecule has 1 aliphatic carbocycles. The van der Waals surface area contributed by atoms with E-state index in [0.29, 0.717) is 31.4 Å². The number of ketones is 1. The number of nitrogens with zero attached hydrogens (tertiary/aromatic N) is 1. The van der Waals surface area contributed by atoms with E-state index in [0.717, 1.165) is 11.3 Å². The maximum Gasteiger partial charge on any atom is 0.235 e. The quantitative estimate of drug-likeness (QED) is 0.833. The molecule has 2 aromatic rings. The topological polar surface area (TPSA) is 46.6 Å². The van der Waals surface area contributed by atoms with Crippen LogP contribution in [0.3, 0.4) is 0 Å². The summed E-state index contributed by atoms with van der Waals surface area (Å²) in [6, 6.07) is 19.6. The number of anilines is 1. The van der Waals surface area contributed by atoms with E-state index >= 15 is 0 Å². The summed E-state index contributed by atoms with van der Waals surface area (Å²) in [7, 11) is 0. The van der Waals surface area contributed by atoms with Crippen molar-refractivity contribution in [2.45, 2.75) is 31.9 Å². The maximum absolute atomic E-state index is 13.5. The number of amides is 1. The number of Topliss-reactive ketones (excluding diaryl/α,β-unsaturated/α-hetero) is 1. The SMILES string of the molecule is CC1=CC2(CCC1=O)OCC(Cc1ccccc1)C(=O)N2c1ccccc1. The van der Waals surface area contributed by atoms with Gasteiger partial charge in [0.2, 0.25) is 5.91 Å². The molecule has 2 atom stereocenters. The number of para-hydroxylation sites is 1. The molecule has 4 heteroatoms. The number of hydrogen-bond acceptors (Lipinski definition) is 3. The highest BCUT2D eigenvalue weighted by atomic mass is 16.5. The summed E-state index contributed by atoms with van der Waals surface area (Å²) in [5.41, 5.74) is 1.72. The van der Waals surface area contributed by atoms with Gasteiger partial charge in [0.05, 0.1) is 12.5 Å². The molecule has 4 nitrogen and oxygen atoms in total. The van der Waals surface area contributed by atoms with Crippen LogP contribution < -0.4 is 4.90 Å². The number of carbonyl (C=O) groups excluding carboxylic acids is 2. The number of carbonyl (C=O) groups is 2. The van der Waals surface area contributed by atoms with Crippen LogP contribution in [0.2, 0.25) is 0 Å². The standard InChI is InChI=1S/C23H23NO3/c1-17-15-23(13-12-21(17)25)24(20-10-6-3-7-11-20)22(26)19(16-27-23)14-18-8-4-2-5-9-18/h2-11,15,19H,12-14,16H2,1H3. The van der Waals surface area contributed by atoms with E-state index in [1.807, 2.05) is 66.7 Å². The first-order valence-electron chi connectivity index (χ1n) is 9.39. The molecule has 1 spiro atoms. The number of rotatable bonds is 3. The minimum atomic E-state index is -0.871. The zero-order chi connectivity index (χ0) is 18.9. The van der Waals surface area contributed by atoms with Crippen LogP contribution in [0.15, 0.2) is 72.3 Å². The summed E-state index contributed by atoms with van der Waals surface area (Å²) < 4.78 is 6.32. The molecule has 2 aromatic carbocycles. The molecule has 0 bridgehead atoms. The van der Waals surface area contributed by atoms with Gasteiger partial charge in [0.15, 0.2) is 11.5 Å². The van der Waals surface area contributed by atoms with Crippen LogP contribution in [0.4, 0.5) is 5.69 Å². The largest absolute Gasteiger partial charge is 0.351 e. The molecule has 1 heterocycles. The predicted molar refractivity (Wildman–Crippen MR) is 104 cm³/mol. The second kappa shape index (κ2) is 7.12. The van der Waals surface area contributed by atoms with Crippen molar-refractivity contribution in [3.05, 3.63) is 77.9 Å². The number of hydrogen-bond donors (Lipinski definition) is 0. The first-order valence-corrected chi connectivity index (χ1v) is 9.39. The Hall–Kier alpha value is -2.72. The Morgan fingerprint density at radius 2 is 1.70 bits per heavy atom. The molecular formula is C23H23NO3. The minimum absolute atomic E-state index is 0.0507. The molecule has 0 aromatic heterocycles. The van der Waals surface area contributed by atoms with Crippen LogP contribution >= 0.6 is 0 Å². The monoisotopic (exact) mass is 361 g/mol. The Balaban J connectivity index is 1.71. The summed E-state index contributed by atoms with van der Waals surface area (Å²) in [6.45, 7) is 2.16. The third-order valence-corrected chi connectivity index (χ3v) is 5.41. The fourth-order valence-corrected chi connectivity index (χ4v) is 3.99. The smallest absolute Gasteiger partial charge is 0.235 e. The van der Waals surface area contributed by atoms with Crippen LogP contribution in [-0.4, -0.2) is 24.0 Å². The Kier molecular flexibility index (Phi) is 4.66. The first kappa shape index (κ1) is 17.7. The highest BCUT2D eigenvalue weighted by molar-refractivity contribution is 6.00. The number of allylic oxidation sites excluding steroid dienone is 1. The molecule has 1 fully saturated rings. The lowest BCUT2D eigenvalue weighted by Crippen LogP contribution is -2.61. The molecule has 0 N–H and O–H groups in total. The molecule has 4 rings (SSSR count). The van der Waals surface area contributed by atoms with Crippen molar-refractivity contribution in [3.63, 3.8) is 0 Å². The predicted octanol–water partition coefficient (Wildman–Crippen LogP) is 3.91. The van der Waals surface area contributed by atoms with Crippen molar-refractivity contribution in [2.75, 3.05) is 11.5 Å². The van der Waals surface area contributed by atoms with Crippen molar-refractivity contribution < 1.29 is 14.3 Å². The van der Waals surface area contributed by atoms with Crippen LogP contribution in [0.5, 0.6) is 0 Å². The number of benzene rings is 2. The van der Waals surface area contributed by atoms with Gasteiger partial charge in [-0.25, -0.2) is 0 Å². The average molecular weight is 361 g/mol. The van der Waals surface area contributed by atoms with E-state index < -0.39 is 5.72 Å². The first-order chi connectivity index (χ1) is 13.1. The van der Waals surface area contributed by atoms with E-state index in [2.05, 4.69) is 0 Å². The van der Waals surface area contributed by atoms with Gasteiger partial charge in [0, 0.05) is 18.5 Å². The molecule has 1 aliphatic heterocycles. The van der Waals surface area contributed by atoms with Crippen molar-refractivity contribution in [3.8, 4) is 0 Å². The molecule has 138 valence electrons. The highest BCUT2D eigenvalue weighted by Gasteiger charge is 2.48. The van der Waals surface area contributed by atoms with Crippen LogP contribution in [-0.2, 0) is 20.7 Å². The summed E-state index contributed by atoms with van der Waals surface area (Å²) in [5, 5.41) is 0. The summed E-state index contributed by atoms with van der Waals surface area (Å²) in [4.78, 5) is 27.3. The zero-order valence-electron chi connectivity index (χ0n) is 15.4. The Labute approximate surface area is 159 Å². The van der Waals surface area contributed by atoms with Gasteiger partial charge in [-0.15, -0.1) is 0 Å². The second-order valence-electron chi connectivity index (χ2n) is 7.30. The van der Waals surface area contributed by atoms with Gasteiger partial charge >= 0.3 is 0 Å². The Bertz CT molecular complexity index is 875. The third-order valence-electron chi connectivity index (χ3n) is 5.41. The lowest BCUT2D eigenvalue weighted by atomic mass is 9.87. The van der Waals surface area contributed by atoms with Crippen molar-refractivity contribution in [1.29, 1.82) is 0 Å². The van der Waals surface area contributed by atoms with Gasteiger partial charge in [-0.2, -0.15) is 0 Å². The van der Waals surface area contributed by atoms with Crippen LogP contribution in [0, 0.1) is 5.92 Å². The molecule has 2 unspecified atom stereocenters. The van der Waals surface area contributed by atoms with Gasteiger partial charge in [-0.1, -0.05) is 48.5 Å². The van der Waals surface area contributed by atoms with E-state index in [4.69, 9.17) is 4.74 Å².